The van der Waals surface area contributed by atoms with Crippen molar-refractivity contribution in [2.24, 2.45) is 0 Å². The zero-order chi connectivity index (χ0) is 13.2. The van der Waals surface area contributed by atoms with Crippen LogP contribution in [-0.4, -0.2) is 10.9 Å². The molecule has 92 valence electrons. The Bertz CT molecular complexity index is 703. The zero-order valence-electron chi connectivity index (χ0n) is 9.97. The highest BCUT2D eigenvalue weighted by Gasteiger charge is 2.17. The maximum Gasteiger partial charge on any atom is 0.228 e. The van der Waals surface area contributed by atoms with Crippen LogP contribution in [0.2, 0.25) is 0 Å². The number of benzene rings is 1. The molecule has 0 atom stereocenters. The van der Waals surface area contributed by atoms with Gasteiger partial charge in [-0.2, -0.15) is 5.26 Å². The summed E-state index contributed by atoms with van der Waals surface area (Å²) in [6.07, 6.45) is 2.01. The number of fused-ring (bicyclic) bond motifs is 1. The Labute approximate surface area is 109 Å². The molecule has 0 aliphatic carbocycles. The molecule has 5 heteroatoms. The average Bonchev–Trinajstić information content (AvgIpc) is 2.79. The van der Waals surface area contributed by atoms with Crippen molar-refractivity contribution in [3.8, 4) is 6.07 Å². The van der Waals surface area contributed by atoms with Gasteiger partial charge in [-0.1, -0.05) is 0 Å². The van der Waals surface area contributed by atoms with Crippen molar-refractivity contribution >= 4 is 23.1 Å². The van der Waals surface area contributed by atoms with E-state index < -0.39 is 0 Å². The van der Waals surface area contributed by atoms with Crippen LogP contribution < -0.4 is 10.6 Å². The maximum absolute atomic E-state index is 11.3. The number of nitrogens with one attached hydrogen (secondary N) is 2. The highest BCUT2D eigenvalue weighted by Crippen LogP contribution is 2.27. The molecule has 0 spiro atoms. The molecule has 5 nitrogen and oxygen atoms in total. The Hall–Kier alpha value is -2.87. The third-order valence-electron chi connectivity index (χ3n) is 2.92. The number of hydrogen-bond acceptors (Lipinski definition) is 4. The van der Waals surface area contributed by atoms with Gasteiger partial charge in [0.05, 0.1) is 12.0 Å². The number of nitriles is 1. The van der Waals surface area contributed by atoms with Gasteiger partial charge in [0.15, 0.2) is 0 Å². The second-order valence-corrected chi connectivity index (χ2v) is 4.23. The SMILES string of the molecule is N#Cc1cccnc1Nc1ccc2c(c1)CC(=O)N2. The van der Waals surface area contributed by atoms with Gasteiger partial charge in [0, 0.05) is 17.6 Å². The van der Waals surface area contributed by atoms with E-state index in [4.69, 9.17) is 5.26 Å². The summed E-state index contributed by atoms with van der Waals surface area (Å²) < 4.78 is 0. The number of aromatic nitrogens is 1. The lowest BCUT2D eigenvalue weighted by Crippen LogP contribution is -2.03. The number of hydrogen-bond donors (Lipinski definition) is 2. The molecule has 2 heterocycles. The number of pyridine rings is 1. The molecule has 0 radical (unpaired) electrons. The molecule has 1 aliphatic heterocycles. The molecule has 1 amide bonds. The van der Waals surface area contributed by atoms with Crippen molar-refractivity contribution in [2.45, 2.75) is 6.42 Å². The highest BCUT2D eigenvalue weighted by atomic mass is 16.1. The summed E-state index contributed by atoms with van der Waals surface area (Å²) in [6, 6.07) is 11.1. The van der Waals surface area contributed by atoms with Crippen LogP contribution in [0.3, 0.4) is 0 Å². The zero-order valence-corrected chi connectivity index (χ0v) is 9.97. The predicted octanol–water partition coefficient (Wildman–Crippen LogP) is 2.19. The molecule has 0 saturated carbocycles. The van der Waals surface area contributed by atoms with Gasteiger partial charge in [0.2, 0.25) is 5.91 Å². The van der Waals surface area contributed by atoms with Gasteiger partial charge in [-0.05, 0) is 35.9 Å². The molecular formula is C14H10N4O. The van der Waals surface area contributed by atoms with Crippen LogP contribution in [0.25, 0.3) is 0 Å². The molecule has 19 heavy (non-hydrogen) atoms. The van der Waals surface area contributed by atoms with E-state index in [-0.39, 0.29) is 5.91 Å². The topological polar surface area (TPSA) is 77.8 Å². The molecule has 0 bridgehead atoms. The van der Waals surface area contributed by atoms with Crippen LogP contribution in [0.15, 0.2) is 36.5 Å². The molecule has 1 aliphatic rings. The van der Waals surface area contributed by atoms with Crippen LogP contribution in [0.5, 0.6) is 0 Å². The number of carbonyl (C=O) groups excluding carboxylic acids is 1. The second kappa shape index (κ2) is 4.42. The van der Waals surface area contributed by atoms with E-state index in [1.54, 1.807) is 18.3 Å². The molecule has 0 unspecified atom stereocenters. The van der Waals surface area contributed by atoms with E-state index in [0.29, 0.717) is 17.8 Å². The standard InChI is InChI=1S/C14H10N4O/c15-8-9-2-1-5-16-14(9)17-11-3-4-12-10(6-11)7-13(19)18-12/h1-6H,7H2,(H,16,17)(H,18,19). The summed E-state index contributed by atoms with van der Waals surface area (Å²) >= 11 is 0. The van der Waals surface area contributed by atoms with E-state index in [2.05, 4.69) is 21.7 Å². The minimum absolute atomic E-state index is 0.00250. The summed E-state index contributed by atoms with van der Waals surface area (Å²) in [7, 11) is 0. The summed E-state index contributed by atoms with van der Waals surface area (Å²) in [4.78, 5) is 15.4. The van der Waals surface area contributed by atoms with Crippen LogP contribution in [-0.2, 0) is 11.2 Å². The van der Waals surface area contributed by atoms with E-state index in [0.717, 1.165) is 16.9 Å². The minimum Gasteiger partial charge on any atom is -0.339 e. The lowest BCUT2D eigenvalue weighted by molar-refractivity contribution is -0.115. The molecule has 2 aromatic rings. The van der Waals surface area contributed by atoms with Crippen molar-refractivity contribution in [3.05, 3.63) is 47.7 Å². The normalized spacial score (nSPS) is 12.5. The number of anilines is 3. The van der Waals surface area contributed by atoms with Crippen LogP contribution >= 0.6 is 0 Å². The summed E-state index contributed by atoms with van der Waals surface area (Å²) in [5, 5.41) is 14.9. The highest BCUT2D eigenvalue weighted by molar-refractivity contribution is 5.99. The molecule has 1 aromatic heterocycles. The van der Waals surface area contributed by atoms with Gasteiger partial charge in [0.25, 0.3) is 0 Å². The number of rotatable bonds is 2. The molecule has 0 fully saturated rings. The molecule has 3 rings (SSSR count). The van der Waals surface area contributed by atoms with Crippen molar-refractivity contribution in [2.75, 3.05) is 10.6 Å². The van der Waals surface area contributed by atoms with Gasteiger partial charge in [-0.3, -0.25) is 4.79 Å². The smallest absolute Gasteiger partial charge is 0.228 e. The first-order valence-electron chi connectivity index (χ1n) is 5.81. The van der Waals surface area contributed by atoms with Crippen molar-refractivity contribution in [1.29, 1.82) is 5.26 Å². The van der Waals surface area contributed by atoms with Crippen molar-refractivity contribution in [1.82, 2.24) is 4.98 Å². The number of nitrogens with zero attached hydrogens (tertiary/aromatic N) is 2. The monoisotopic (exact) mass is 250 g/mol. The van der Waals surface area contributed by atoms with Gasteiger partial charge in [0.1, 0.15) is 11.9 Å². The molecular weight excluding hydrogens is 240 g/mol. The Morgan fingerprint density at radius 3 is 3.11 bits per heavy atom. The molecule has 1 aromatic carbocycles. The first-order valence-corrected chi connectivity index (χ1v) is 5.81. The lowest BCUT2D eigenvalue weighted by Gasteiger charge is -2.08. The first kappa shape index (κ1) is 11.2. The number of carbonyl (C=O) groups is 1. The Kier molecular flexibility index (Phi) is 2.62. The molecule has 2 N–H and O–H groups in total. The second-order valence-electron chi connectivity index (χ2n) is 4.23. The Morgan fingerprint density at radius 2 is 2.26 bits per heavy atom. The van der Waals surface area contributed by atoms with Crippen LogP contribution in [0, 0.1) is 11.3 Å². The van der Waals surface area contributed by atoms with Crippen molar-refractivity contribution < 1.29 is 4.79 Å². The van der Waals surface area contributed by atoms with E-state index in [1.807, 2.05) is 18.2 Å². The predicted molar refractivity (Wildman–Crippen MR) is 71.0 cm³/mol. The number of amides is 1. The third-order valence-corrected chi connectivity index (χ3v) is 2.92. The maximum atomic E-state index is 11.3. The summed E-state index contributed by atoms with van der Waals surface area (Å²) in [5.41, 5.74) is 3.09. The van der Waals surface area contributed by atoms with Crippen LogP contribution in [0.4, 0.5) is 17.2 Å². The van der Waals surface area contributed by atoms with Gasteiger partial charge >= 0.3 is 0 Å². The third kappa shape index (κ3) is 2.11. The van der Waals surface area contributed by atoms with Gasteiger partial charge in [-0.25, -0.2) is 4.98 Å². The van der Waals surface area contributed by atoms with E-state index in [9.17, 15) is 4.79 Å². The van der Waals surface area contributed by atoms with Crippen molar-refractivity contribution in [3.63, 3.8) is 0 Å². The van der Waals surface area contributed by atoms with E-state index >= 15 is 0 Å². The fraction of sp³-hybridized carbons (Fsp3) is 0.0714. The van der Waals surface area contributed by atoms with Gasteiger partial charge in [-0.15, -0.1) is 0 Å². The quantitative estimate of drug-likeness (QED) is 0.856. The average molecular weight is 250 g/mol. The van der Waals surface area contributed by atoms with Crippen LogP contribution in [0.1, 0.15) is 11.1 Å². The fourth-order valence-corrected chi connectivity index (χ4v) is 2.04. The Balaban J connectivity index is 1.91. The Morgan fingerprint density at radius 1 is 1.37 bits per heavy atom. The molecule has 0 saturated heterocycles. The summed E-state index contributed by atoms with van der Waals surface area (Å²) in [5.74, 6) is 0.518. The van der Waals surface area contributed by atoms with Gasteiger partial charge < -0.3 is 10.6 Å². The first-order chi connectivity index (χ1) is 9.26. The minimum atomic E-state index is 0.00250. The fourth-order valence-electron chi connectivity index (χ4n) is 2.04. The summed E-state index contributed by atoms with van der Waals surface area (Å²) in [6.45, 7) is 0. The van der Waals surface area contributed by atoms with E-state index in [1.165, 1.54) is 0 Å². The lowest BCUT2D eigenvalue weighted by atomic mass is 10.1. The largest absolute Gasteiger partial charge is 0.339 e.